The first kappa shape index (κ1) is 14.7. The molecule has 2 heteroatoms. The molecule has 0 aromatic heterocycles. The van der Waals surface area contributed by atoms with Gasteiger partial charge in [0.2, 0.25) is 0 Å². The van der Waals surface area contributed by atoms with Gasteiger partial charge in [-0.15, -0.1) is 6.58 Å². The van der Waals surface area contributed by atoms with Crippen molar-refractivity contribution in [1.29, 1.82) is 0 Å². The van der Waals surface area contributed by atoms with Crippen molar-refractivity contribution in [2.75, 3.05) is 18.1 Å². The molecule has 1 fully saturated rings. The molecule has 1 aromatic rings. The number of thioether (sulfide) groups is 1. The fraction of sp³-hybridized carbons (Fsp3) is 0.529. The highest BCUT2D eigenvalue weighted by Gasteiger charge is 2.25. The van der Waals surface area contributed by atoms with Gasteiger partial charge in [-0.25, -0.2) is 0 Å². The van der Waals surface area contributed by atoms with Gasteiger partial charge < -0.3 is 5.32 Å². The summed E-state index contributed by atoms with van der Waals surface area (Å²) in [6, 6.07) is 11.7. The van der Waals surface area contributed by atoms with E-state index in [2.05, 4.69) is 42.2 Å². The minimum atomic E-state index is 0.667. The van der Waals surface area contributed by atoms with Crippen molar-refractivity contribution in [2.45, 2.75) is 37.6 Å². The second-order valence-electron chi connectivity index (χ2n) is 5.23. The molecule has 1 saturated carbocycles. The third-order valence-corrected chi connectivity index (χ3v) is 4.85. The highest BCUT2D eigenvalue weighted by atomic mass is 32.2. The molecule has 0 heterocycles. The summed E-state index contributed by atoms with van der Waals surface area (Å²) in [4.78, 5) is 0. The Morgan fingerprint density at radius 1 is 1.21 bits per heavy atom. The van der Waals surface area contributed by atoms with Gasteiger partial charge in [-0.1, -0.05) is 49.2 Å². The van der Waals surface area contributed by atoms with E-state index in [4.69, 9.17) is 0 Å². The number of benzene rings is 1. The Morgan fingerprint density at radius 2 is 2.00 bits per heavy atom. The van der Waals surface area contributed by atoms with E-state index >= 15 is 0 Å². The number of nitrogens with one attached hydrogen (secondary N) is 1. The van der Waals surface area contributed by atoms with E-state index in [0.717, 1.165) is 12.3 Å². The summed E-state index contributed by atoms with van der Waals surface area (Å²) < 4.78 is 0. The summed E-state index contributed by atoms with van der Waals surface area (Å²) in [6.45, 7) is 4.88. The van der Waals surface area contributed by atoms with Gasteiger partial charge in [-0.3, -0.25) is 0 Å². The lowest BCUT2D eigenvalue weighted by Crippen LogP contribution is -2.38. The van der Waals surface area contributed by atoms with Gasteiger partial charge in [0.05, 0.1) is 0 Å². The third kappa shape index (κ3) is 4.70. The Labute approximate surface area is 121 Å². The maximum Gasteiger partial charge on any atom is 0.0136 e. The molecule has 2 atom stereocenters. The standard InChI is InChI=1S/C17H25NS/c1-2-13-19-14-12-18-17-11-7-6-10-16(17)15-8-4-3-5-9-15/h2-5,8-9,16-18H,1,6-7,10-14H2. The van der Waals surface area contributed by atoms with Crippen LogP contribution in [0, 0.1) is 0 Å². The summed E-state index contributed by atoms with van der Waals surface area (Å²) in [7, 11) is 0. The zero-order chi connectivity index (χ0) is 13.3. The van der Waals surface area contributed by atoms with Crippen LogP contribution in [0.2, 0.25) is 0 Å². The first-order valence-corrected chi connectivity index (χ1v) is 8.54. The average molecular weight is 275 g/mol. The predicted molar refractivity (Wildman–Crippen MR) is 87.0 cm³/mol. The molecule has 0 amide bonds. The highest BCUT2D eigenvalue weighted by molar-refractivity contribution is 7.99. The van der Waals surface area contributed by atoms with Crippen LogP contribution in [0.5, 0.6) is 0 Å². The van der Waals surface area contributed by atoms with Crippen molar-refractivity contribution in [3.63, 3.8) is 0 Å². The van der Waals surface area contributed by atoms with Gasteiger partial charge in [0.25, 0.3) is 0 Å². The zero-order valence-corrected chi connectivity index (χ0v) is 12.5. The van der Waals surface area contributed by atoms with Crippen molar-refractivity contribution >= 4 is 11.8 Å². The van der Waals surface area contributed by atoms with E-state index in [-0.39, 0.29) is 0 Å². The van der Waals surface area contributed by atoms with E-state index < -0.39 is 0 Å². The monoisotopic (exact) mass is 275 g/mol. The molecule has 1 aromatic carbocycles. The lowest BCUT2D eigenvalue weighted by atomic mass is 9.80. The van der Waals surface area contributed by atoms with Crippen molar-refractivity contribution in [3.05, 3.63) is 48.6 Å². The van der Waals surface area contributed by atoms with Gasteiger partial charge >= 0.3 is 0 Å². The second-order valence-corrected chi connectivity index (χ2v) is 6.38. The molecule has 0 aliphatic heterocycles. The Bertz CT molecular complexity index is 363. The molecule has 1 aliphatic rings. The van der Waals surface area contributed by atoms with Crippen LogP contribution in [0.3, 0.4) is 0 Å². The lowest BCUT2D eigenvalue weighted by Gasteiger charge is -2.32. The number of rotatable bonds is 7. The van der Waals surface area contributed by atoms with Crippen molar-refractivity contribution in [1.82, 2.24) is 5.32 Å². The third-order valence-electron chi connectivity index (χ3n) is 3.88. The van der Waals surface area contributed by atoms with Crippen molar-refractivity contribution in [2.24, 2.45) is 0 Å². The van der Waals surface area contributed by atoms with Crippen molar-refractivity contribution < 1.29 is 0 Å². The van der Waals surface area contributed by atoms with Gasteiger partial charge in [0, 0.05) is 24.1 Å². The fourth-order valence-corrected chi connectivity index (χ4v) is 3.55. The minimum Gasteiger partial charge on any atom is -0.313 e. The van der Waals surface area contributed by atoms with E-state index in [1.807, 2.05) is 17.8 Å². The smallest absolute Gasteiger partial charge is 0.0136 e. The average Bonchev–Trinajstić information content (AvgIpc) is 2.48. The highest BCUT2D eigenvalue weighted by Crippen LogP contribution is 2.32. The van der Waals surface area contributed by atoms with Gasteiger partial charge in [-0.2, -0.15) is 11.8 Å². The summed E-state index contributed by atoms with van der Waals surface area (Å²) >= 11 is 1.96. The van der Waals surface area contributed by atoms with E-state index in [1.165, 1.54) is 37.0 Å². The van der Waals surface area contributed by atoms with Crippen LogP contribution in [0.4, 0.5) is 0 Å². The molecule has 1 N–H and O–H groups in total. The Hall–Kier alpha value is -0.730. The molecule has 1 aliphatic carbocycles. The Kier molecular flexibility index (Phi) is 6.52. The molecule has 0 radical (unpaired) electrons. The Balaban J connectivity index is 1.84. The predicted octanol–water partition coefficient (Wildman–Crippen LogP) is 4.22. The molecule has 2 rings (SSSR count). The van der Waals surface area contributed by atoms with E-state index in [1.54, 1.807) is 0 Å². The zero-order valence-electron chi connectivity index (χ0n) is 11.7. The van der Waals surface area contributed by atoms with E-state index in [0.29, 0.717) is 12.0 Å². The van der Waals surface area contributed by atoms with E-state index in [9.17, 15) is 0 Å². The van der Waals surface area contributed by atoms with Crippen LogP contribution < -0.4 is 5.32 Å². The molecule has 19 heavy (non-hydrogen) atoms. The van der Waals surface area contributed by atoms with Crippen LogP contribution in [0.15, 0.2) is 43.0 Å². The van der Waals surface area contributed by atoms with Crippen LogP contribution in [-0.4, -0.2) is 24.1 Å². The van der Waals surface area contributed by atoms with Gasteiger partial charge in [0.15, 0.2) is 0 Å². The molecule has 2 unspecified atom stereocenters. The number of hydrogen-bond donors (Lipinski definition) is 1. The largest absolute Gasteiger partial charge is 0.313 e. The van der Waals surface area contributed by atoms with Crippen LogP contribution in [0.25, 0.3) is 0 Å². The minimum absolute atomic E-state index is 0.667. The fourth-order valence-electron chi connectivity index (χ4n) is 2.96. The lowest BCUT2D eigenvalue weighted by molar-refractivity contribution is 0.333. The van der Waals surface area contributed by atoms with Crippen LogP contribution in [0.1, 0.15) is 37.2 Å². The van der Waals surface area contributed by atoms with Crippen molar-refractivity contribution in [3.8, 4) is 0 Å². The normalized spacial score (nSPS) is 23.2. The maximum absolute atomic E-state index is 3.77. The molecular formula is C17H25NS. The molecule has 1 nitrogen and oxygen atoms in total. The molecule has 0 saturated heterocycles. The van der Waals surface area contributed by atoms with Gasteiger partial charge in [0.1, 0.15) is 0 Å². The quantitative estimate of drug-likeness (QED) is 0.590. The first-order valence-electron chi connectivity index (χ1n) is 7.39. The number of hydrogen-bond acceptors (Lipinski definition) is 2. The molecule has 0 spiro atoms. The maximum atomic E-state index is 3.77. The van der Waals surface area contributed by atoms with Crippen LogP contribution in [-0.2, 0) is 0 Å². The molecule has 0 bridgehead atoms. The molecule has 104 valence electrons. The topological polar surface area (TPSA) is 12.0 Å². The summed E-state index contributed by atoms with van der Waals surface area (Å²) in [5.41, 5.74) is 1.51. The Morgan fingerprint density at radius 3 is 2.79 bits per heavy atom. The SMILES string of the molecule is C=CCSCCNC1CCCCC1c1ccccc1. The molecular weight excluding hydrogens is 250 g/mol. The van der Waals surface area contributed by atoms with Gasteiger partial charge in [-0.05, 0) is 24.3 Å². The summed E-state index contributed by atoms with van der Waals surface area (Å²) in [6.07, 6.45) is 7.40. The van der Waals surface area contributed by atoms with Crippen LogP contribution >= 0.6 is 11.8 Å². The first-order chi connectivity index (χ1) is 9.42. The second kappa shape index (κ2) is 8.44. The summed E-state index contributed by atoms with van der Waals surface area (Å²) in [5.74, 6) is 2.96. The summed E-state index contributed by atoms with van der Waals surface area (Å²) in [5, 5.41) is 3.77.